The topological polar surface area (TPSA) is 25.4 Å². The molecule has 1 fully saturated rings. The molecule has 82 valence electrons. The summed E-state index contributed by atoms with van der Waals surface area (Å²) in [6.07, 6.45) is 3.38. The maximum atomic E-state index is 5.33. The van der Waals surface area contributed by atoms with Crippen LogP contribution in [0.15, 0.2) is 22.8 Å². The van der Waals surface area contributed by atoms with E-state index in [1.54, 1.807) is 7.11 Å². The Morgan fingerprint density at radius 1 is 1.60 bits per heavy atom. The van der Waals surface area contributed by atoms with E-state index in [1.807, 2.05) is 12.3 Å². The average Bonchev–Trinajstić information content (AvgIpc) is 2.69. The Kier molecular flexibility index (Phi) is 3.72. The van der Waals surface area contributed by atoms with Crippen molar-refractivity contribution in [3.63, 3.8) is 0 Å². The van der Waals surface area contributed by atoms with Gasteiger partial charge in [-0.2, -0.15) is 0 Å². The maximum Gasteiger partial charge on any atom is 0.0710 e. The number of hydrogen-bond donors (Lipinski definition) is 0. The average molecular weight is 271 g/mol. The van der Waals surface area contributed by atoms with E-state index >= 15 is 0 Å². The fraction of sp³-hybridized carbons (Fsp3) is 0.545. The second-order valence-corrected chi connectivity index (χ2v) is 4.76. The molecular weight excluding hydrogens is 256 g/mol. The van der Waals surface area contributed by atoms with E-state index in [-0.39, 0.29) is 0 Å². The minimum atomic E-state index is 0.403. The summed E-state index contributed by atoms with van der Waals surface area (Å²) in [6.45, 7) is 3.05. The minimum absolute atomic E-state index is 0.403. The van der Waals surface area contributed by atoms with E-state index in [0.717, 1.165) is 36.2 Å². The molecule has 0 amide bonds. The third kappa shape index (κ3) is 3.00. The summed E-state index contributed by atoms with van der Waals surface area (Å²) in [6, 6.07) is 4.09. The monoisotopic (exact) mass is 270 g/mol. The summed E-state index contributed by atoms with van der Waals surface area (Å²) in [5, 5.41) is 0. The molecule has 4 heteroatoms. The van der Waals surface area contributed by atoms with Crippen molar-refractivity contribution < 1.29 is 4.74 Å². The first kappa shape index (κ1) is 11.0. The first-order chi connectivity index (χ1) is 7.28. The van der Waals surface area contributed by atoms with Crippen LogP contribution in [0, 0.1) is 0 Å². The van der Waals surface area contributed by atoms with Gasteiger partial charge < -0.3 is 4.74 Å². The van der Waals surface area contributed by atoms with Crippen molar-refractivity contribution >= 4 is 15.9 Å². The Morgan fingerprint density at radius 3 is 3.07 bits per heavy atom. The lowest BCUT2D eigenvalue weighted by Crippen LogP contribution is -2.22. The van der Waals surface area contributed by atoms with Crippen LogP contribution < -0.4 is 0 Å². The molecule has 3 nitrogen and oxygen atoms in total. The van der Waals surface area contributed by atoms with Gasteiger partial charge in [0.2, 0.25) is 0 Å². The van der Waals surface area contributed by atoms with Crippen molar-refractivity contribution in [2.24, 2.45) is 0 Å². The Morgan fingerprint density at radius 2 is 2.47 bits per heavy atom. The molecule has 1 unspecified atom stereocenters. The summed E-state index contributed by atoms with van der Waals surface area (Å²) in [4.78, 5) is 6.74. The third-order valence-corrected chi connectivity index (χ3v) is 3.21. The van der Waals surface area contributed by atoms with Crippen LogP contribution >= 0.6 is 15.9 Å². The third-order valence-electron chi connectivity index (χ3n) is 2.74. The Hall–Kier alpha value is -0.450. The molecule has 1 aliphatic heterocycles. The van der Waals surface area contributed by atoms with Crippen LogP contribution in [-0.4, -0.2) is 36.2 Å². The molecule has 0 spiro atoms. The molecule has 0 aromatic carbocycles. The Balaban J connectivity index is 1.90. The molecule has 2 heterocycles. The van der Waals surface area contributed by atoms with Crippen LogP contribution in [0.3, 0.4) is 0 Å². The molecule has 1 aromatic rings. The van der Waals surface area contributed by atoms with Crippen LogP contribution in [0.25, 0.3) is 0 Å². The number of ether oxygens (including phenoxy) is 1. The van der Waals surface area contributed by atoms with Gasteiger partial charge in [-0.1, -0.05) is 0 Å². The molecule has 15 heavy (non-hydrogen) atoms. The number of hydrogen-bond acceptors (Lipinski definition) is 3. The van der Waals surface area contributed by atoms with Crippen LogP contribution in [-0.2, 0) is 11.3 Å². The van der Waals surface area contributed by atoms with Gasteiger partial charge in [-0.25, -0.2) is 0 Å². The van der Waals surface area contributed by atoms with Crippen molar-refractivity contribution in [1.82, 2.24) is 9.88 Å². The second-order valence-electron chi connectivity index (χ2n) is 3.85. The first-order valence-corrected chi connectivity index (χ1v) is 5.93. The highest BCUT2D eigenvalue weighted by Gasteiger charge is 2.21. The van der Waals surface area contributed by atoms with Gasteiger partial charge in [0.15, 0.2) is 0 Å². The van der Waals surface area contributed by atoms with Crippen LogP contribution in [0.4, 0.5) is 0 Å². The zero-order valence-electron chi connectivity index (χ0n) is 8.82. The molecule has 1 atom stereocenters. The number of rotatable bonds is 3. The Bertz CT molecular complexity index is 315. The lowest BCUT2D eigenvalue weighted by molar-refractivity contribution is 0.107. The van der Waals surface area contributed by atoms with Crippen molar-refractivity contribution in [2.45, 2.75) is 19.1 Å². The number of likely N-dealkylation sites (tertiary alicyclic amines) is 1. The first-order valence-electron chi connectivity index (χ1n) is 5.13. The van der Waals surface area contributed by atoms with Gasteiger partial charge in [0, 0.05) is 37.4 Å². The summed E-state index contributed by atoms with van der Waals surface area (Å²) in [5.41, 5.74) is 1.12. The van der Waals surface area contributed by atoms with Gasteiger partial charge in [0.1, 0.15) is 0 Å². The van der Waals surface area contributed by atoms with E-state index in [4.69, 9.17) is 4.74 Å². The lowest BCUT2D eigenvalue weighted by atomic mass is 10.3. The predicted octanol–water partition coefficient (Wildman–Crippen LogP) is 2.06. The SMILES string of the molecule is COC1CCN(Cc2ccc(Br)cn2)C1. The van der Waals surface area contributed by atoms with E-state index in [2.05, 4.69) is 31.9 Å². The number of halogens is 1. The number of aromatic nitrogens is 1. The minimum Gasteiger partial charge on any atom is -0.380 e. The van der Waals surface area contributed by atoms with Gasteiger partial charge in [-0.3, -0.25) is 9.88 Å². The molecule has 1 aromatic heterocycles. The molecule has 0 bridgehead atoms. The molecule has 1 saturated heterocycles. The van der Waals surface area contributed by atoms with Crippen molar-refractivity contribution in [2.75, 3.05) is 20.2 Å². The molecule has 1 aliphatic rings. The second kappa shape index (κ2) is 5.05. The van der Waals surface area contributed by atoms with Crippen molar-refractivity contribution in [3.05, 3.63) is 28.5 Å². The number of pyridine rings is 1. The van der Waals surface area contributed by atoms with Gasteiger partial charge in [-0.05, 0) is 34.5 Å². The van der Waals surface area contributed by atoms with Crippen molar-refractivity contribution in [1.29, 1.82) is 0 Å². The molecule has 0 aliphatic carbocycles. The fourth-order valence-electron chi connectivity index (χ4n) is 1.86. The highest BCUT2D eigenvalue weighted by molar-refractivity contribution is 9.10. The van der Waals surface area contributed by atoms with Crippen LogP contribution in [0.1, 0.15) is 12.1 Å². The number of nitrogens with zero attached hydrogens (tertiary/aromatic N) is 2. The Labute approximate surface area is 98.6 Å². The fourth-order valence-corrected chi connectivity index (χ4v) is 2.10. The number of methoxy groups -OCH3 is 1. The van der Waals surface area contributed by atoms with Crippen LogP contribution in [0.5, 0.6) is 0 Å². The summed E-state index contributed by atoms with van der Waals surface area (Å²) in [7, 11) is 1.78. The zero-order valence-corrected chi connectivity index (χ0v) is 10.4. The van der Waals surface area contributed by atoms with E-state index in [0.29, 0.717) is 6.10 Å². The quantitative estimate of drug-likeness (QED) is 0.841. The predicted molar refractivity (Wildman–Crippen MR) is 62.6 cm³/mol. The zero-order chi connectivity index (χ0) is 10.7. The van der Waals surface area contributed by atoms with Gasteiger partial charge in [-0.15, -0.1) is 0 Å². The molecular formula is C11H15BrN2O. The van der Waals surface area contributed by atoms with Gasteiger partial charge in [0.25, 0.3) is 0 Å². The van der Waals surface area contributed by atoms with Gasteiger partial charge in [0.05, 0.1) is 11.8 Å². The van der Waals surface area contributed by atoms with E-state index < -0.39 is 0 Å². The molecule has 0 saturated carbocycles. The van der Waals surface area contributed by atoms with Crippen molar-refractivity contribution in [3.8, 4) is 0 Å². The standard InChI is InChI=1S/C11H15BrN2O/c1-15-11-4-5-14(8-11)7-10-3-2-9(12)6-13-10/h2-3,6,11H,4-5,7-8H2,1H3. The smallest absolute Gasteiger partial charge is 0.0710 e. The van der Waals surface area contributed by atoms with Gasteiger partial charge >= 0.3 is 0 Å². The summed E-state index contributed by atoms with van der Waals surface area (Å²) in [5.74, 6) is 0. The summed E-state index contributed by atoms with van der Waals surface area (Å²) < 4.78 is 6.36. The lowest BCUT2D eigenvalue weighted by Gasteiger charge is -2.14. The highest BCUT2D eigenvalue weighted by Crippen LogP contribution is 2.15. The normalized spacial score (nSPS) is 22.1. The summed E-state index contributed by atoms with van der Waals surface area (Å²) >= 11 is 3.38. The molecule has 0 N–H and O–H groups in total. The highest BCUT2D eigenvalue weighted by atomic mass is 79.9. The maximum absolute atomic E-state index is 5.33. The largest absolute Gasteiger partial charge is 0.380 e. The van der Waals surface area contributed by atoms with E-state index in [1.165, 1.54) is 0 Å². The van der Waals surface area contributed by atoms with Crippen LogP contribution in [0.2, 0.25) is 0 Å². The molecule has 0 radical (unpaired) electrons. The van der Waals surface area contributed by atoms with E-state index in [9.17, 15) is 0 Å². The molecule has 2 rings (SSSR count).